The summed E-state index contributed by atoms with van der Waals surface area (Å²) in [5, 5.41) is 8.86. The highest BCUT2D eigenvalue weighted by molar-refractivity contribution is 7.80. The Kier molecular flexibility index (Phi) is 4.79. The molecule has 2 rings (SSSR count). The van der Waals surface area contributed by atoms with Crippen LogP contribution in [0.4, 0.5) is 4.39 Å². The maximum absolute atomic E-state index is 13.1. The molecule has 0 aliphatic carbocycles. The van der Waals surface area contributed by atoms with Crippen molar-refractivity contribution in [3.05, 3.63) is 29.6 Å². The van der Waals surface area contributed by atoms with Crippen molar-refractivity contribution in [2.75, 3.05) is 39.3 Å². The van der Waals surface area contributed by atoms with Crippen LogP contribution in [0.25, 0.3) is 0 Å². The first-order chi connectivity index (χ1) is 9.11. The smallest absolute Gasteiger partial charge is 0.253 e. The van der Waals surface area contributed by atoms with E-state index in [0.717, 1.165) is 13.1 Å². The van der Waals surface area contributed by atoms with Crippen molar-refractivity contribution < 1.29 is 14.3 Å². The molecule has 104 valence electrons. The third-order valence-corrected chi connectivity index (χ3v) is 3.61. The standard InChI is InChI=1S/C13H17FN2O2S/c14-11-2-1-10(9-12(11)19)13(18)16-5-3-15(4-6-16)7-8-17/h1-2,9,17,19H,3-8H2. The van der Waals surface area contributed by atoms with Crippen LogP contribution < -0.4 is 0 Å². The van der Waals surface area contributed by atoms with Gasteiger partial charge in [-0.15, -0.1) is 12.6 Å². The predicted molar refractivity (Wildman–Crippen MR) is 73.1 cm³/mol. The van der Waals surface area contributed by atoms with Crippen molar-refractivity contribution in [2.45, 2.75) is 4.90 Å². The van der Waals surface area contributed by atoms with Gasteiger partial charge in [0.1, 0.15) is 5.82 Å². The van der Waals surface area contributed by atoms with E-state index in [-0.39, 0.29) is 17.4 Å². The molecule has 0 radical (unpaired) electrons. The third-order valence-electron chi connectivity index (χ3n) is 3.27. The number of aliphatic hydroxyl groups is 1. The Morgan fingerprint density at radius 1 is 1.32 bits per heavy atom. The van der Waals surface area contributed by atoms with Crippen LogP contribution >= 0.6 is 12.6 Å². The van der Waals surface area contributed by atoms with E-state index in [9.17, 15) is 9.18 Å². The van der Waals surface area contributed by atoms with Gasteiger partial charge in [0.25, 0.3) is 5.91 Å². The van der Waals surface area contributed by atoms with E-state index in [1.807, 2.05) is 0 Å². The summed E-state index contributed by atoms with van der Waals surface area (Å²) in [6.07, 6.45) is 0. The van der Waals surface area contributed by atoms with E-state index in [0.29, 0.717) is 25.2 Å². The summed E-state index contributed by atoms with van der Waals surface area (Å²) in [6, 6.07) is 4.20. The lowest BCUT2D eigenvalue weighted by Gasteiger charge is -2.34. The van der Waals surface area contributed by atoms with Gasteiger partial charge in [0.05, 0.1) is 6.61 Å². The second-order valence-electron chi connectivity index (χ2n) is 4.52. The van der Waals surface area contributed by atoms with Crippen LogP contribution in [-0.2, 0) is 0 Å². The monoisotopic (exact) mass is 284 g/mol. The Balaban J connectivity index is 1.99. The quantitative estimate of drug-likeness (QED) is 0.809. The number of carbonyl (C=O) groups excluding carboxylic acids is 1. The Labute approximate surface area is 117 Å². The number of halogens is 1. The van der Waals surface area contributed by atoms with Gasteiger partial charge >= 0.3 is 0 Å². The van der Waals surface area contributed by atoms with Crippen molar-refractivity contribution in [2.24, 2.45) is 0 Å². The molecule has 4 nitrogen and oxygen atoms in total. The van der Waals surface area contributed by atoms with Crippen LogP contribution in [0.1, 0.15) is 10.4 Å². The molecular formula is C13H17FN2O2S. The minimum atomic E-state index is -0.423. The molecule has 1 saturated heterocycles. The molecular weight excluding hydrogens is 267 g/mol. The van der Waals surface area contributed by atoms with Gasteiger partial charge in [-0.1, -0.05) is 0 Å². The Morgan fingerprint density at radius 3 is 2.58 bits per heavy atom. The third kappa shape index (κ3) is 3.46. The highest BCUT2D eigenvalue weighted by Crippen LogP contribution is 2.16. The van der Waals surface area contributed by atoms with Crippen molar-refractivity contribution in [1.82, 2.24) is 9.80 Å². The summed E-state index contributed by atoms with van der Waals surface area (Å²) in [5.41, 5.74) is 0.460. The second kappa shape index (κ2) is 6.36. The van der Waals surface area contributed by atoms with E-state index in [4.69, 9.17) is 5.11 Å². The van der Waals surface area contributed by atoms with Crippen LogP contribution in [-0.4, -0.2) is 60.1 Å². The zero-order valence-electron chi connectivity index (χ0n) is 10.5. The summed E-state index contributed by atoms with van der Waals surface area (Å²) in [5.74, 6) is -0.522. The molecule has 0 bridgehead atoms. The normalized spacial score (nSPS) is 16.7. The Bertz CT molecular complexity index is 462. The van der Waals surface area contributed by atoms with Crippen molar-refractivity contribution >= 4 is 18.5 Å². The molecule has 1 amide bonds. The highest BCUT2D eigenvalue weighted by Gasteiger charge is 2.22. The number of piperazine rings is 1. The minimum absolute atomic E-state index is 0.0982. The molecule has 6 heteroatoms. The Morgan fingerprint density at radius 2 is 2.00 bits per heavy atom. The number of benzene rings is 1. The highest BCUT2D eigenvalue weighted by atomic mass is 32.1. The molecule has 1 aromatic carbocycles. The lowest BCUT2D eigenvalue weighted by atomic mass is 10.1. The first-order valence-electron chi connectivity index (χ1n) is 6.23. The van der Waals surface area contributed by atoms with Gasteiger partial charge in [0.15, 0.2) is 0 Å². The van der Waals surface area contributed by atoms with E-state index < -0.39 is 5.82 Å². The van der Waals surface area contributed by atoms with Crippen LogP contribution in [0.3, 0.4) is 0 Å². The molecule has 1 aliphatic heterocycles. The van der Waals surface area contributed by atoms with Gasteiger partial charge in [-0.3, -0.25) is 9.69 Å². The van der Waals surface area contributed by atoms with Crippen molar-refractivity contribution in [3.63, 3.8) is 0 Å². The summed E-state index contributed by atoms with van der Waals surface area (Å²) < 4.78 is 13.1. The van der Waals surface area contributed by atoms with E-state index in [1.165, 1.54) is 18.2 Å². The summed E-state index contributed by atoms with van der Waals surface area (Å²) in [4.78, 5) is 16.3. The van der Waals surface area contributed by atoms with Crippen LogP contribution in [0.2, 0.25) is 0 Å². The fourth-order valence-electron chi connectivity index (χ4n) is 2.14. The first-order valence-corrected chi connectivity index (χ1v) is 6.67. The number of amides is 1. The number of nitrogens with zero attached hydrogens (tertiary/aromatic N) is 2. The van der Waals surface area contributed by atoms with E-state index in [1.54, 1.807) is 4.90 Å². The van der Waals surface area contributed by atoms with Gasteiger partial charge in [0, 0.05) is 43.2 Å². The van der Waals surface area contributed by atoms with Crippen molar-refractivity contribution in [3.8, 4) is 0 Å². The first kappa shape index (κ1) is 14.3. The lowest BCUT2D eigenvalue weighted by Crippen LogP contribution is -2.49. The lowest BCUT2D eigenvalue weighted by molar-refractivity contribution is 0.0614. The zero-order chi connectivity index (χ0) is 13.8. The number of β-amino-alcohol motifs (C(OH)–C–C–N with tert-alkyl or cyclic N) is 1. The zero-order valence-corrected chi connectivity index (χ0v) is 11.4. The van der Waals surface area contributed by atoms with Gasteiger partial charge in [-0.2, -0.15) is 0 Å². The predicted octanol–water partition coefficient (Wildman–Crippen LogP) is 0.865. The second-order valence-corrected chi connectivity index (χ2v) is 5.01. The molecule has 0 spiro atoms. The molecule has 1 fully saturated rings. The number of thiol groups is 1. The molecule has 1 aromatic rings. The molecule has 0 atom stereocenters. The molecule has 19 heavy (non-hydrogen) atoms. The summed E-state index contributed by atoms with van der Waals surface area (Å²) >= 11 is 3.99. The molecule has 1 N–H and O–H groups in total. The van der Waals surface area contributed by atoms with E-state index in [2.05, 4.69) is 17.5 Å². The molecule has 0 saturated carbocycles. The summed E-state index contributed by atoms with van der Waals surface area (Å²) in [7, 11) is 0. The Hall–Kier alpha value is -1.11. The average Bonchev–Trinajstić information content (AvgIpc) is 2.42. The fraction of sp³-hybridized carbons (Fsp3) is 0.462. The largest absolute Gasteiger partial charge is 0.395 e. The SMILES string of the molecule is O=C(c1ccc(F)c(S)c1)N1CCN(CCO)CC1. The maximum atomic E-state index is 13.1. The molecule has 0 aromatic heterocycles. The number of carbonyl (C=O) groups is 1. The molecule has 1 heterocycles. The van der Waals surface area contributed by atoms with Gasteiger partial charge < -0.3 is 10.0 Å². The van der Waals surface area contributed by atoms with Gasteiger partial charge in [0.2, 0.25) is 0 Å². The minimum Gasteiger partial charge on any atom is -0.395 e. The number of hydrogen-bond acceptors (Lipinski definition) is 4. The van der Waals surface area contributed by atoms with Crippen LogP contribution in [0.15, 0.2) is 23.1 Å². The molecule has 0 unspecified atom stereocenters. The number of aliphatic hydroxyl groups excluding tert-OH is 1. The number of rotatable bonds is 3. The van der Waals surface area contributed by atoms with E-state index >= 15 is 0 Å². The van der Waals surface area contributed by atoms with Gasteiger partial charge in [-0.05, 0) is 18.2 Å². The molecule has 1 aliphatic rings. The number of hydrogen-bond donors (Lipinski definition) is 2. The van der Waals surface area contributed by atoms with Crippen molar-refractivity contribution in [1.29, 1.82) is 0 Å². The average molecular weight is 284 g/mol. The summed E-state index contributed by atoms with van der Waals surface area (Å²) in [6.45, 7) is 3.52. The van der Waals surface area contributed by atoms with Crippen LogP contribution in [0.5, 0.6) is 0 Å². The van der Waals surface area contributed by atoms with Gasteiger partial charge in [-0.25, -0.2) is 4.39 Å². The van der Waals surface area contributed by atoms with Crippen LogP contribution in [0, 0.1) is 5.82 Å². The fourth-order valence-corrected chi connectivity index (χ4v) is 2.36. The maximum Gasteiger partial charge on any atom is 0.253 e. The topological polar surface area (TPSA) is 43.8 Å².